The molecule has 0 fully saturated rings. The van der Waals surface area contributed by atoms with Gasteiger partial charge in [-0.05, 0) is 59.9 Å². The Hall–Kier alpha value is -4.33. The van der Waals surface area contributed by atoms with E-state index >= 15 is 0 Å². The Morgan fingerprint density at radius 1 is 0.973 bits per heavy atom. The molecule has 2 aromatic heterocycles. The van der Waals surface area contributed by atoms with Gasteiger partial charge in [-0.2, -0.15) is 0 Å². The number of carbonyl (C=O) groups excluding carboxylic acids is 2. The van der Waals surface area contributed by atoms with E-state index in [4.69, 9.17) is 18.3 Å². The summed E-state index contributed by atoms with van der Waals surface area (Å²) in [5, 5.41) is 3.14. The molecule has 0 atom stereocenters. The highest BCUT2D eigenvalue weighted by molar-refractivity contribution is 5.96. The number of furan rings is 1. The Morgan fingerprint density at radius 3 is 2.43 bits per heavy atom. The monoisotopic (exact) mass is 503 g/mol. The molecule has 8 heteroatoms. The fraction of sp³-hybridized carbons (Fsp3) is 0.276. The normalized spacial score (nSPS) is 11.3. The van der Waals surface area contributed by atoms with Gasteiger partial charge in [0.2, 0.25) is 0 Å². The van der Waals surface area contributed by atoms with E-state index in [0.717, 1.165) is 5.75 Å². The van der Waals surface area contributed by atoms with Crippen molar-refractivity contribution >= 4 is 22.8 Å². The highest BCUT2D eigenvalue weighted by Gasteiger charge is 2.16. The van der Waals surface area contributed by atoms with E-state index in [0.29, 0.717) is 24.2 Å². The Balaban J connectivity index is 1.28. The van der Waals surface area contributed by atoms with Crippen LogP contribution in [0.3, 0.4) is 0 Å². The van der Waals surface area contributed by atoms with Gasteiger partial charge in [0.25, 0.3) is 5.91 Å². The molecule has 2 heterocycles. The molecule has 0 aliphatic carbocycles. The van der Waals surface area contributed by atoms with Gasteiger partial charge in [-0.1, -0.05) is 32.9 Å². The van der Waals surface area contributed by atoms with E-state index in [1.165, 1.54) is 24.0 Å². The maximum Gasteiger partial charge on any atom is 0.349 e. The van der Waals surface area contributed by atoms with Crippen LogP contribution in [0.25, 0.3) is 11.0 Å². The number of hydrogen-bond donors (Lipinski definition) is 1. The van der Waals surface area contributed by atoms with E-state index in [1.54, 1.807) is 24.3 Å². The van der Waals surface area contributed by atoms with Gasteiger partial charge < -0.3 is 23.6 Å². The number of benzene rings is 2. The van der Waals surface area contributed by atoms with Crippen molar-refractivity contribution in [1.29, 1.82) is 0 Å². The predicted octanol–water partition coefficient (Wildman–Crippen LogP) is 5.38. The minimum Gasteiger partial charge on any atom is -0.494 e. The summed E-state index contributed by atoms with van der Waals surface area (Å²) < 4.78 is 21.6. The highest BCUT2D eigenvalue weighted by Crippen LogP contribution is 2.24. The van der Waals surface area contributed by atoms with Gasteiger partial charge >= 0.3 is 11.6 Å². The lowest BCUT2D eigenvalue weighted by atomic mass is 9.87. The van der Waals surface area contributed by atoms with Gasteiger partial charge in [-0.3, -0.25) is 9.59 Å². The first-order chi connectivity index (χ1) is 17.7. The Labute approximate surface area is 214 Å². The molecule has 0 unspecified atom stereocenters. The molecule has 0 aliphatic rings. The Morgan fingerprint density at radius 2 is 1.73 bits per heavy atom. The number of esters is 1. The first-order valence-corrected chi connectivity index (χ1v) is 12.0. The first-order valence-electron chi connectivity index (χ1n) is 12.0. The van der Waals surface area contributed by atoms with E-state index in [1.807, 2.05) is 24.3 Å². The van der Waals surface area contributed by atoms with Crippen LogP contribution in [-0.4, -0.2) is 18.5 Å². The topological polar surface area (TPSA) is 108 Å². The second-order valence-electron chi connectivity index (χ2n) is 9.61. The van der Waals surface area contributed by atoms with Crippen molar-refractivity contribution in [3.05, 3.63) is 94.2 Å². The highest BCUT2D eigenvalue weighted by atomic mass is 16.5. The summed E-state index contributed by atoms with van der Waals surface area (Å²) in [7, 11) is 0. The molecule has 4 aromatic rings. The lowest BCUT2D eigenvalue weighted by molar-refractivity contribution is -0.134. The Kier molecular flexibility index (Phi) is 7.77. The van der Waals surface area contributed by atoms with E-state index < -0.39 is 17.5 Å². The third-order valence-electron chi connectivity index (χ3n) is 5.70. The number of hydrogen-bond acceptors (Lipinski definition) is 7. The van der Waals surface area contributed by atoms with E-state index in [-0.39, 0.29) is 35.3 Å². The van der Waals surface area contributed by atoms with Crippen molar-refractivity contribution in [1.82, 2.24) is 5.32 Å². The van der Waals surface area contributed by atoms with Crippen LogP contribution in [0.2, 0.25) is 0 Å². The fourth-order valence-corrected chi connectivity index (χ4v) is 3.63. The van der Waals surface area contributed by atoms with Crippen LogP contribution in [0, 0.1) is 0 Å². The summed E-state index contributed by atoms with van der Waals surface area (Å²) in [5.41, 5.74) is 0.585. The molecule has 0 radical (unpaired) electrons. The molecule has 8 nitrogen and oxygen atoms in total. The predicted molar refractivity (Wildman–Crippen MR) is 138 cm³/mol. The molecule has 2 aromatic carbocycles. The third kappa shape index (κ3) is 6.88. The lowest BCUT2D eigenvalue weighted by Gasteiger charge is -2.19. The molecule has 37 heavy (non-hydrogen) atoms. The van der Waals surface area contributed by atoms with Crippen LogP contribution >= 0.6 is 0 Å². The standard InChI is InChI=1S/C29H29NO7/c1-29(2,3)20-9-12-21(13-10-20)34-15-5-7-26(31)36-22-11-8-19-16-24(28(33)37-25(19)17-22)27(32)30-18-23-6-4-14-35-23/h4,6,8-14,16-17H,5,7,15,18H2,1-3H3,(H,30,32). The molecule has 0 bridgehead atoms. The average molecular weight is 504 g/mol. The zero-order chi connectivity index (χ0) is 26.4. The molecule has 1 N–H and O–H groups in total. The van der Waals surface area contributed by atoms with Crippen molar-refractivity contribution in [2.24, 2.45) is 0 Å². The van der Waals surface area contributed by atoms with Crippen LogP contribution in [-0.2, 0) is 16.8 Å². The maximum absolute atomic E-state index is 12.4. The molecule has 1 amide bonds. The van der Waals surface area contributed by atoms with Crippen LogP contribution in [0.1, 0.15) is 55.3 Å². The second kappa shape index (κ2) is 11.2. The summed E-state index contributed by atoms with van der Waals surface area (Å²) in [6, 6.07) is 17.4. The van der Waals surface area contributed by atoms with Gasteiger partial charge in [-0.25, -0.2) is 4.79 Å². The molecule has 192 valence electrons. The quantitative estimate of drug-likeness (QED) is 0.141. The summed E-state index contributed by atoms with van der Waals surface area (Å²) >= 11 is 0. The molecule has 4 rings (SSSR count). The van der Waals surface area contributed by atoms with Gasteiger partial charge in [0.1, 0.15) is 28.4 Å². The largest absolute Gasteiger partial charge is 0.494 e. The van der Waals surface area contributed by atoms with Crippen molar-refractivity contribution in [3.63, 3.8) is 0 Å². The molecule has 0 aliphatic heterocycles. The second-order valence-corrected chi connectivity index (χ2v) is 9.61. The smallest absolute Gasteiger partial charge is 0.349 e. The van der Waals surface area contributed by atoms with Crippen LogP contribution < -0.4 is 20.4 Å². The summed E-state index contributed by atoms with van der Waals surface area (Å²) in [6.45, 7) is 6.98. The third-order valence-corrected chi connectivity index (χ3v) is 5.70. The van der Waals surface area contributed by atoms with Gasteiger partial charge in [0, 0.05) is 17.9 Å². The van der Waals surface area contributed by atoms with E-state index in [9.17, 15) is 14.4 Å². The van der Waals surface area contributed by atoms with Gasteiger partial charge in [0.05, 0.1) is 19.4 Å². The van der Waals surface area contributed by atoms with Crippen molar-refractivity contribution < 1.29 is 27.9 Å². The SMILES string of the molecule is CC(C)(C)c1ccc(OCCCC(=O)Oc2ccc3cc(C(=O)NCc4ccco4)c(=O)oc3c2)cc1. The maximum atomic E-state index is 12.4. The molecule has 0 saturated carbocycles. The number of amides is 1. The van der Waals surface area contributed by atoms with Gasteiger partial charge in [-0.15, -0.1) is 0 Å². The number of rotatable bonds is 9. The number of ether oxygens (including phenoxy) is 2. The van der Waals surface area contributed by atoms with Crippen molar-refractivity contribution in [2.75, 3.05) is 6.61 Å². The lowest BCUT2D eigenvalue weighted by Crippen LogP contribution is -2.27. The molecule has 0 saturated heterocycles. The summed E-state index contributed by atoms with van der Waals surface area (Å²) in [5.74, 6) is 0.554. The van der Waals surface area contributed by atoms with Crippen LogP contribution in [0.4, 0.5) is 0 Å². The van der Waals surface area contributed by atoms with Crippen LogP contribution in [0.5, 0.6) is 11.5 Å². The van der Waals surface area contributed by atoms with E-state index in [2.05, 4.69) is 26.1 Å². The first kappa shape index (κ1) is 25.8. The van der Waals surface area contributed by atoms with Crippen LogP contribution in [0.15, 0.2) is 80.6 Å². The van der Waals surface area contributed by atoms with Crippen molar-refractivity contribution in [2.45, 2.75) is 45.6 Å². The average Bonchev–Trinajstić information content (AvgIpc) is 3.38. The number of carbonyl (C=O) groups is 2. The molecular weight excluding hydrogens is 474 g/mol. The van der Waals surface area contributed by atoms with Crippen molar-refractivity contribution in [3.8, 4) is 11.5 Å². The zero-order valence-corrected chi connectivity index (χ0v) is 21.0. The summed E-state index contributed by atoms with van der Waals surface area (Å²) in [6.07, 6.45) is 2.15. The summed E-state index contributed by atoms with van der Waals surface area (Å²) in [4.78, 5) is 37.0. The minimum atomic E-state index is -0.791. The van der Waals surface area contributed by atoms with Gasteiger partial charge in [0.15, 0.2) is 0 Å². The Bertz CT molecular complexity index is 1430. The fourth-order valence-electron chi connectivity index (χ4n) is 3.63. The zero-order valence-electron chi connectivity index (χ0n) is 21.0. The minimum absolute atomic E-state index is 0.0746. The molecule has 0 spiro atoms. The molecular formula is C29H29NO7. The number of fused-ring (bicyclic) bond motifs is 1. The number of nitrogens with one attached hydrogen (secondary N) is 1.